The van der Waals surface area contributed by atoms with Crippen LogP contribution in [0, 0.1) is 25.2 Å². The van der Waals surface area contributed by atoms with Crippen LogP contribution in [0.5, 0.6) is 11.5 Å². The number of aryl methyl sites for hydroxylation is 2. The first-order valence-electron chi connectivity index (χ1n) is 12.7. The number of rotatable bonds is 5. The third-order valence-corrected chi connectivity index (χ3v) is 8.34. The third-order valence-electron chi connectivity index (χ3n) is 7.40. The molecule has 1 unspecified atom stereocenters. The number of carbonyl (C=O) groups is 1. The fraction of sp³-hybridized carbons (Fsp3) is 0.414. The molecule has 37 heavy (non-hydrogen) atoms. The van der Waals surface area contributed by atoms with Crippen molar-refractivity contribution in [1.82, 2.24) is 14.5 Å². The van der Waals surface area contributed by atoms with Gasteiger partial charge in [0.25, 0.3) is 0 Å². The number of thioether (sulfide) groups is 1. The van der Waals surface area contributed by atoms with E-state index in [0.29, 0.717) is 11.3 Å². The van der Waals surface area contributed by atoms with Crippen LogP contribution in [0.15, 0.2) is 24.3 Å². The van der Waals surface area contributed by atoms with E-state index in [1.54, 1.807) is 20.3 Å². The van der Waals surface area contributed by atoms with Crippen molar-refractivity contribution in [2.24, 2.45) is 0 Å². The second-order valence-corrected chi connectivity index (χ2v) is 10.8. The van der Waals surface area contributed by atoms with Gasteiger partial charge in [0, 0.05) is 47.3 Å². The number of hydrogen-bond donors (Lipinski definition) is 0. The summed E-state index contributed by atoms with van der Waals surface area (Å²) in [6.07, 6.45) is 6.19. The molecule has 0 saturated carbocycles. The van der Waals surface area contributed by atoms with Crippen LogP contribution in [0.3, 0.4) is 0 Å². The number of nitriles is 1. The normalized spacial score (nSPS) is 17.6. The number of amides is 1. The zero-order valence-electron chi connectivity index (χ0n) is 21.8. The average molecular weight is 517 g/mol. The zero-order chi connectivity index (χ0) is 26.1. The van der Waals surface area contributed by atoms with Crippen molar-refractivity contribution in [3.63, 3.8) is 0 Å². The van der Waals surface area contributed by atoms with Crippen molar-refractivity contribution >= 4 is 34.8 Å². The maximum atomic E-state index is 13.0. The molecule has 1 amide bonds. The molecule has 0 N–H and O–H groups in total. The summed E-state index contributed by atoms with van der Waals surface area (Å²) in [4.78, 5) is 19.9. The lowest BCUT2D eigenvalue weighted by Gasteiger charge is -2.30. The van der Waals surface area contributed by atoms with Crippen LogP contribution in [0.4, 0.5) is 0 Å². The molecular formula is C29H32N4O3S. The number of carbonyl (C=O) groups excluding carboxylic acids is 1. The molecule has 2 aliphatic rings. The van der Waals surface area contributed by atoms with Gasteiger partial charge in [-0.25, -0.2) is 4.98 Å². The van der Waals surface area contributed by atoms with Crippen LogP contribution in [0.25, 0.3) is 17.1 Å². The van der Waals surface area contributed by atoms with E-state index < -0.39 is 0 Å². The number of benzene rings is 1. The molecule has 8 heteroatoms. The molecule has 1 aromatic carbocycles. The number of aromatic nitrogens is 2. The highest BCUT2D eigenvalue weighted by Crippen LogP contribution is 2.45. The molecule has 1 aliphatic carbocycles. The number of nitrogens with zero attached hydrogens (tertiary/aromatic N) is 4. The topological polar surface area (TPSA) is 80.4 Å². The minimum absolute atomic E-state index is 0.0164. The largest absolute Gasteiger partial charge is 0.493 e. The standard InChI is InChI=1S/C29H32N4O3S/c1-18-16-19(2)31-29-27(18)22(17-30)24(9-11-26(34)32-12-14-37-15-13-32)33(29)23-7-5-6-21-20(23)8-10-25(35-3)28(21)36-4/h8-11,16,23H,5-7,12-15H2,1-4H3/b11-9+. The summed E-state index contributed by atoms with van der Waals surface area (Å²) < 4.78 is 13.5. The van der Waals surface area contributed by atoms with Gasteiger partial charge in [0.1, 0.15) is 11.7 Å². The molecule has 0 spiro atoms. The Morgan fingerprint density at radius 1 is 1.22 bits per heavy atom. The summed E-state index contributed by atoms with van der Waals surface area (Å²) in [5.74, 6) is 3.37. The molecule has 1 saturated heterocycles. The molecule has 2 aromatic heterocycles. The van der Waals surface area contributed by atoms with Crippen molar-refractivity contribution in [2.45, 2.75) is 39.2 Å². The highest BCUT2D eigenvalue weighted by molar-refractivity contribution is 7.99. The minimum atomic E-state index is -0.0528. The third kappa shape index (κ3) is 4.46. The first-order valence-corrected chi connectivity index (χ1v) is 13.8. The maximum absolute atomic E-state index is 13.0. The van der Waals surface area contributed by atoms with Crippen LogP contribution in [0.2, 0.25) is 0 Å². The van der Waals surface area contributed by atoms with Gasteiger partial charge in [-0.1, -0.05) is 6.07 Å². The van der Waals surface area contributed by atoms with E-state index in [9.17, 15) is 10.1 Å². The van der Waals surface area contributed by atoms with Crippen LogP contribution >= 0.6 is 11.8 Å². The van der Waals surface area contributed by atoms with E-state index in [0.717, 1.165) is 88.7 Å². The summed E-state index contributed by atoms with van der Waals surface area (Å²) in [6.45, 7) is 5.50. The van der Waals surface area contributed by atoms with E-state index in [2.05, 4.69) is 16.7 Å². The number of pyridine rings is 1. The van der Waals surface area contributed by atoms with Gasteiger partial charge < -0.3 is 18.9 Å². The first-order chi connectivity index (χ1) is 18.0. The molecule has 7 nitrogen and oxygen atoms in total. The highest BCUT2D eigenvalue weighted by Gasteiger charge is 2.31. The summed E-state index contributed by atoms with van der Waals surface area (Å²) in [5.41, 5.74) is 6.24. The Morgan fingerprint density at radius 2 is 2.00 bits per heavy atom. The van der Waals surface area contributed by atoms with Crippen molar-refractivity contribution in [1.29, 1.82) is 5.26 Å². The Balaban J connectivity index is 1.72. The predicted molar refractivity (Wildman–Crippen MR) is 147 cm³/mol. The molecule has 192 valence electrons. The molecular weight excluding hydrogens is 484 g/mol. The minimum Gasteiger partial charge on any atom is -0.493 e. The Labute approximate surface area is 222 Å². The SMILES string of the molecule is COc1ccc2c(c1OC)CCCC2n1c(/C=C/C(=O)N2CCSCC2)c(C#N)c2c(C)cc(C)nc21. The van der Waals surface area contributed by atoms with Gasteiger partial charge in [-0.2, -0.15) is 17.0 Å². The van der Waals surface area contributed by atoms with Crippen molar-refractivity contribution < 1.29 is 14.3 Å². The van der Waals surface area contributed by atoms with Gasteiger partial charge in [0.15, 0.2) is 11.5 Å². The molecule has 1 aliphatic heterocycles. The van der Waals surface area contributed by atoms with Crippen LogP contribution in [-0.4, -0.2) is 59.2 Å². The van der Waals surface area contributed by atoms with E-state index in [4.69, 9.17) is 14.5 Å². The number of fused-ring (bicyclic) bond motifs is 2. The Hall–Kier alpha value is -3.44. The van der Waals surface area contributed by atoms with Crippen LogP contribution < -0.4 is 9.47 Å². The Morgan fingerprint density at radius 3 is 2.70 bits per heavy atom. The van der Waals surface area contributed by atoms with Gasteiger partial charge in [0.2, 0.25) is 5.91 Å². The van der Waals surface area contributed by atoms with Crippen LogP contribution in [0.1, 0.15) is 52.5 Å². The van der Waals surface area contributed by atoms with E-state index in [-0.39, 0.29) is 11.9 Å². The van der Waals surface area contributed by atoms with Crippen molar-refractivity contribution in [3.05, 3.63) is 57.9 Å². The fourth-order valence-corrected chi connectivity index (χ4v) is 6.67. The van der Waals surface area contributed by atoms with Gasteiger partial charge in [-0.15, -0.1) is 0 Å². The molecule has 1 atom stereocenters. The second kappa shape index (κ2) is 10.5. The van der Waals surface area contributed by atoms with Gasteiger partial charge in [-0.3, -0.25) is 4.79 Å². The summed E-state index contributed by atoms with van der Waals surface area (Å²) in [6, 6.07) is 8.45. The monoisotopic (exact) mass is 516 g/mol. The van der Waals surface area contributed by atoms with E-state index in [1.807, 2.05) is 48.7 Å². The van der Waals surface area contributed by atoms with Crippen LogP contribution in [-0.2, 0) is 11.2 Å². The average Bonchev–Trinajstić information content (AvgIpc) is 3.24. The summed E-state index contributed by atoms with van der Waals surface area (Å²) in [5, 5.41) is 11.2. The number of methoxy groups -OCH3 is 2. The molecule has 1 fully saturated rings. The summed E-state index contributed by atoms with van der Waals surface area (Å²) >= 11 is 1.87. The maximum Gasteiger partial charge on any atom is 0.246 e. The van der Waals surface area contributed by atoms with E-state index in [1.165, 1.54) is 0 Å². The summed E-state index contributed by atoms with van der Waals surface area (Å²) in [7, 11) is 3.33. The van der Waals surface area contributed by atoms with Gasteiger partial charge in [-0.05, 0) is 62.4 Å². The Kier molecular flexibility index (Phi) is 7.16. The lowest BCUT2D eigenvalue weighted by molar-refractivity contribution is -0.125. The quantitative estimate of drug-likeness (QED) is 0.441. The lowest BCUT2D eigenvalue weighted by Crippen LogP contribution is -2.36. The number of hydrogen-bond acceptors (Lipinski definition) is 6. The highest BCUT2D eigenvalue weighted by atomic mass is 32.2. The molecule has 0 bridgehead atoms. The van der Waals surface area contributed by atoms with Gasteiger partial charge >= 0.3 is 0 Å². The Bertz CT molecular complexity index is 1430. The molecule has 0 radical (unpaired) electrons. The molecule has 3 aromatic rings. The first kappa shape index (κ1) is 25.2. The zero-order valence-corrected chi connectivity index (χ0v) is 22.7. The predicted octanol–water partition coefficient (Wildman–Crippen LogP) is 5.06. The molecule has 3 heterocycles. The molecule has 5 rings (SSSR count). The van der Waals surface area contributed by atoms with E-state index >= 15 is 0 Å². The lowest BCUT2D eigenvalue weighted by atomic mass is 9.86. The smallest absolute Gasteiger partial charge is 0.246 e. The fourth-order valence-electron chi connectivity index (χ4n) is 5.77. The second-order valence-electron chi connectivity index (χ2n) is 9.57. The van der Waals surface area contributed by atoms with Gasteiger partial charge in [0.05, 0.1) is 31.5 Å². The van der Waals surface area contributed by atoms with Crippen molar-refractivity contribution in [2.75, 3.05) is 38.8 Å². The van der Waals surface area contributed by atoms with Crippen molar-refractivity contribution in [3.8, 4) is 17.6 Å². The number of ether oxygens (including phenoxy) is 2.